The first-order valence-corrected chi connectivity index (χ1v) is 4.37. The summed E-state index contributed by atoms with van der Waals surface area (Å²) in [5.41, 5.74) is 0.0347. The molecule has 1 fully saturated rings. The Morgan fingerprint density at radius 2 is 2.00 bits per heavy atom. The van der Waals surface area contributed by atoms with Gasteiger partial charge in [0, 0.05) is 18.7 Å². The highest BCUT2D eigenvalue weighted by Crippen LogP contribution is 2.33. The number of aliphatic hydroxyl groups is 1. The van der Waals surface area contributed by atoms with Crippen LogP contribution in [0.2, 0.25) is 0 Å². The third kappa shape index (κ3) is 2.03. The largest absolute Gasteiger partial charge is 0.395 e. The minimum Gasteiger partial charge on any atom is -0.395 e. The van der Waals surface area contributed by atoms with E-state index in [0.29, 0.717) is 0 Å². The molecule has 11 heavy (non-hydrogen) atoms. The molecule has 0 bridgehead atoms. The molecular weight excluding hydrogens is 138 g/mol. The Kier molecular flexibility index (Phi) is 3.06. The van der Waals surface area contributed by atoms with Crippen LogP contribution in [0.3, 0.4) is 0 Å². The Labute approximate surface area is 68.3 Å². The highest BCUT2D eigenvalue weighted by atomic mass is 16.3. The molecule has 1 aliphatic rings. The number of rotatable bonds is 2. The summed E-state index contributed by atoms with van der Waals surface area (Å²) < 4.78 is 0. The standard InChI is InChI=1S/C9H17NO/c1-10-7-9(8-11)5-3-2-4-6-9/h7,11H,2-6,8H2,1H3. The fourth-order valence-electron chi connectivity index (χ4n) is 1.86. The van der Waals surface area contributed by atoms with E-state index in [9.17, 15) is 5.11 Å². The van der Waals surface area contributed by atoms with Crippen molar-refractivity contribution in [2.45, 2.75) is 32.1 Å². The molecule has 0 saturated heterocycles. The van der Waals surface area contributed by atoms with Crippen LogP contribution in [0.1, 0.15) is 32.1 Å². The van der Waals surface area contributed by atoms with Gasteiger partial charge in [0.15, 0.2) is 0 Å². The third-order valence-electron chi connectivity index (χ3n) is 2.57. The van der Waals surface area contributed by atoms with Gasteiger partial charge < -0.3 is 10.1 Å². The van der Waals surface area contributed by atoms with Gasteiger partial charge in [0.25, 0.3) is 0 Å². The van der Waals surface area contributed by atoms with Gasteiger partial charge in [-0.25, -0.2) is 0 Å². The summed E-state index contributed by atoms with van der Waals surface area (Å²) in [6.07, 6.45) is 7.96. The lowest BCUT2D eigenvalue weighted by atomic mass is 9.76. The van der Waals surface area contributed by atoms with Gasteiger partial charge in [-0.2, -0.15) is 0 Å². The molecule has 1 N–H and O–H groups in total. The van der Waals surface area contributed by atoms with Crippen LogP contribution < -0.4 is 0 Å². The van der Waals surface area contributed by atoms with Crippen molar-refractivity contribution < 1.29 is 5.11 Å². The van der Waals surface area contributed by atoms with Crippen LogP contribution in [0.4, 0.5) is 0 Å². The molecule has 0 aromatic heterocycles. The zero-order valence-electron chi connectivity index (χ0n) is 7.21. The zero-order chi connectivity index (χ0) is 8.16. The quantitative estimate of drug-likeness (QED) is 0.604. The SMILES string of the molecule is CN=CC1(CO)CCCCC1. The lowest BCUT2D eigenvalue weighted by Gasteiger charge is -2.31. The summed E-state index contributed by atoms with van der Waals surface area (Å²) in [7, 11) is 1.78. The van der Waals surface area contributed by atoms with Gasteiger partial charge in [0.05, 0.1) is 6.61 Å². The van der Waals surface area contributed by atoms with Gasteiger partial charge in [-0.15, -0.1) is 0 Å². The van der Waals surface area contributed by atoms with E-state index >= 15 is 0 Å². The molecule has 0 amide bonds. The van der Waals surface area contributed by atoms with Crippen LogP contribution in [-0.4, -0.2) is 25.0 Å². The van der Waals surface area contributed by atoms with Crippen LogP contribution >= 0.6 is 0 Å². The van der Waals surface area contributed by atoms with Gasteiger partial charge in [0.1, 0.15) is 0 Å². The maximum absolute atomic E-state index is 9.18. The molecule has 0 aromatic carbocycles. The highest BCUT2D eigenvalue weighted by molar-refractivity contribution is 5.65. The van der Waals surface area contributed by atoms with Crippen molar-refractivity contribution in [2.75, 3.05) is 13.7 Å². The van der Waals surface area contributed by atoms with Crippen LogP contribution in [0.25, 0.3) is 0 Å². The van der Waals surface area contributed by atoms with Gasteiger partial charge in [-0.3, -0.25) is 0 Å². The molecule has 2 heteroatoms. The molecule has 0 aliphatic heterocycles. The highest BCUT2D eigenvalue weighted by Gasteiger charge is 2.28. The Hall–Kier alpha value is -0.370. The molecule has 0 unspecified atom stereocenters. The molecule has 1 rings (SSSR count). The van der Waals surface area contributed by atoms with Gasteiger partial charge >= 0.3 is 0 Å². The first-order valence-electron chi connectivity index (χ1n) is 4.37. The first kappa shape index (κ1) is 8.72. The monoisotopic (exact) mass is 155 g/mol. The van der Waals surface area contributed by atoms with E-state index < -0.39 is 0 Å². The maximum Gasteiger partial charge on any atom is 0.0536 e. The summed E-state index contributed by atoms with van der Waals surface area (Å²) in [6, 6.07) is 0. The molecule has 0 spiro atoms. The summed E-state index contributed by atoms with van der Waals surface area (Å²) in [5, 5.41) is 9.18. The number of hydrogen-bond donors (Lipinski definition) is 1. The van der Waals surface area contributed by atoms with Crippen molar-refractivity contribution in [3.63, 3.8) is 0 Å². The summed E-state index contributed by atoms with van der Waals surface area (Å²) in [4.78, 5) is 4.02. The smallest absolute Gasteiger partial charge is 0.0536 e. The first-order chi connectivity index (χ1) is 5.33. The Balaban J connectivity index is 2.56. The Morgan fingerprint density at radius 3 is 2.45 bits per heavy atom. The molecule has 2 nitrogen and oxygen atoms in total. The average molecular weight is 155 g/mol. The Morgan fingerprint density at radius 1 is 1.36 bits per heavy atom. The van der Waals surface area contributed by atoms with E-state index in [-0.39, 0.29) is 12.0 Å². The second kappa shape index (κ2) is 3.86. The van der Waals surface area contributed by atoms with Crippen molar-refractivity contribution >= 4 is 6.21 Å². The fraction of sp³-hybridized carbons (Fsp3) is 0.889. The molecular formula is C9H17NO. The van der Waals surface area contributed by atoms with E-state index in [0.717, 1.165) is 12.8 Å². The van der Waals surface area contributed by atoms with E-state index in [2.05, 4.69) is 4.99 Å². The summed E-state index contributed by atoms with van der Waals surface area (Å²) in [5.74, 6) is 0. The fourth-order valence-corrected chi connectivity index (χ4v) is 1.86. The van der Waals surface area contributed by atoms with Gasteiger partial charge in [-0.05, 0) is 12.8 Å². The Bertz CT molecular complexity index is 136. The second-order valence-corrected chi connectivity index (χ2v) is 3.47. The topological polar surface area (TPSA) is 32.6 Å². The predicted octanol–water partition coefficient (Wildman–Crippen LogP) is 1.63. The molecule has 64 valence electrons. The number of nitrogens with zero attached hydrogens (tertiary/aromatic N) is 1. The van der Waals surface area contributed by atoms with E-state index in [4.69, 9.17) is 0 Å². The summed E-state index contributed by atoms with van der Waals surface area (Å²) >= 11 is 0. The van der Waals surface area contributed by atoms with Crippen molar-refractivity contribution in [2.24, 2.45) is 10.4 Å². The minimum absolute atomic E-state index is 0.0347. The van der Waals surface area contributed by atoms with Gasteiger partial charge in [-0.1, -0.05) is 19.3 Å². The van der Waals surface area contributed by atoms with Crippen LogP contribution in [0.5, 0.6) is 0 Å². The number of hydrogen-bond acceptors (Lipinski definition) is 2. The van der Waals surface area contributed by atoms with Crippen molar-refractivity contribution in [1.82, 2.24) is 0 Å². The summed E-state index contributed by atoms with van der Waals surface area (Å²) in [6.45, 7) is 0.268. The second-order valence-electron chi connectivity index (χ2n) is 3.47. The normalized spacial score (nSPS) is 24.2. The molecule has 0 radical (unpaired) electrons. The van der Waals surface area contributed by atoms with E-state index in [1.165, 1.54) is 19.3 Å². The minimum atomic E-state index is 0.0347. The van der Waals surface area contributed by atoms with Crippen molar-refractivity contribution in [1.29, 1.82) is 0 Å². The molecule has 1 aliphatic carbocycles. The van der Waals surface area contributed by atoms with E-state index in [1.807, 2.05) is 6.21 Å². The van der Waals surface area contributed by atoms with Gasteiger partial charge in [0.2, 0.25) is 0 Å². The zero-order valence-corrected chi connectivity index (χ0v) is 7.21. The van der Waals surface area contributed by atoms with Crippen LogP contribution in [0, 0.1) is 5.41 Å². The molecule has 0 atom stereocenters. The lowest BCUT2D eigenvalue weighted by Crippen LogP contribution is -2.29. The van der Waals surface area contributed by atoms with Crippen LogP contribution in [-0.2, 0) is 0 Å². The van der Waals surface area contributed by atoms with Crippen molar-refractivity contribution in [3.05, 3.63) is 0 Å². The average Bonchev–Trinajstić information content (AvgIpc) is 2.07. The van der Waals surface area contributed by atoms with Crippen LogP contribution in [0.15, 0.2) is 4.99 Å². The maximum atomic E-state index is 9.18. The lowest BCUT2D eigenvalue weighted by molar-refractivity contribution is 0.148. The molecule has 1 saturated carbocycles. The molecule has 0 aromatic rings. The number of aliphatic imine (C=N–C) groups is 1. The third-order valence-corrected chi connectivity index (χ3v) is 2.57. The predicted molar refractivity (Wildman–Crippen MR) is 47.0 cm³/mol. The van der Waals surface area contributed by atoms with Crippen molar-refractivity contribution in [3.8, 4) is 0 Å². The number of aliphatic hydroxyl groups excluding tert-OH is 1. The van der Waals surface area contributed by atoms with E-state index in [1.54, 1.807) is 7.05 Å². The molecule has 0 heterocycles.